The molecule has 596 valence electrons. The number of carbonyl (C=O) groups excluding carboxylic acids is 10. The number of Topliss-reactive ketones (excluding diaryl/α,β-unsaturated/α-hetero) is 8. The van der Waals surface area contributed by atoms with Crippen molar-refractivity contribution in [2.75, 3.05) is 33.0 Å². The van der Waals surface area contributed by atoms with Crippen molar-refractivity contribution in [2.45, 2.75) is 399 Å². The van der Waals surface area contributed by atoms with Crippen LogP contribution in [0, 0.1) is 35.5 Å². The van der Waals surface area contributed by atoms with Crippen LogP contribution in [0.5, 0.6) is 0 Å². The Morgan fingerprint density at radius 2 is 0.621 bits per heavy atom. The van der Waals surface area contributed by atoms with E-state index in [9.17, 15) is 47.9 Å². The summed E-state index contributed by atoms with van der Waals surface area (Å²) in [5.41, 5.74) is 4.08. The molecule has 0 aromatic heterocycles. The number of fused-ring (bicyclic) bond motifs is 2. The quantitative estimate of drug-likeness (QED) is 0.104. The lowest BCUT2D eigenvalue weighted by Crippen LogP contribution is -2.21. The van der Waals surface area contributed by atoms with E-state index in [4.69, 9.17) is 23.7 Å². The largest absolute Gasteiger partial charge is 0.378 e. The molecule has 103 heavy (non-hydrogen) atoms. The predicted molar refractivity (Wildman–Crippen MR) is 422 cm³/mol. The third-order valence-electron chi connectivity index (χ3n) is 20.5. The summed E-state index contributed by atoms with van der Waals surface area (Å²) < 4.78 is 26.8. The molecule has 0 aromatic rings. The molecule has 0 spiro atoms. The lowest BCUT2D eigenvalue weighted by Gasteiger charge is -2.20. The Kier molecular flexibility index (Phi) is 59.4. The average Bonchev–Trinajstić information content (AvgIpc) is 1.62. The third kappa shape index (κ3) is 50.8. The molecule has 9 atom stereocenters. The highest BCUT2D eigenvalue weighted by molar-refractivity contribution is 5.88. The Labute approximate surface area is 629 Å². The second-order valence-corrected chi connectivity index (χ2v) is 30.6. The summed E-state index contributed by atoms with van der Waals surface area (Å²) >= 11 is 0. The van der Waals surface area contributed by atoms with Crippen LogP contribution in [0.25, 0.3) is 0 Å². The van der Waals surface area contributed by atoms with Gasteiger partial charge in [0, 0.05) is 83.4 Å². The number of allylic oxidation sites excluding steroid dienone is 6. The second-order valence-electron chi connectivity index (χ2n) is 30.6. The summed E-state index contributed by atoms with van der Waals surface area (Å²) in [5, 5.41) is 0. The maximum atomic E-state index is 10.9. The number of carbonyl (C=O) groups is 10. The third-order valence-corrected chi connectivity index (χ3v) is 20.5. The van der Waals surface area contributed by atoms with Crippen LogP contribution in [0.2, 0.25) is 0 Å². The minimum absolute atomic E-state index is 0. The van der Waals surface area contributed by atoms with E-state index in [1.165, 1.54) is 164 Å². The van der Waals surface area contributed by atoms with E-state index in [2.05, 4.69) is 6.08 Å². The monoisotopic (exact) mass is 1450 g/mol. The smallest absolute Gasteiger partial charge is 0.152 e. The fraction of sp³-hybridized carbons (Fsp3) is 0.818. The van der Waals surface area contributed by atoms with E-state index in [1.54, 1.807) is 81.4 Å². The maximum Gasteiger partial charge on any atom is 0.152 e. The van der Waals surface area contributed by atoms with Gasteiger partial charge in [-0.3, -0.25) is 38.4 Å². The molecule has 7 aliphatic carbocycles. The van der Waals surface area contributed by atoms with Crippen LogP contribution in [-0.4, -0.2) is 121 Å². The minimum atomic E-state index is 0. The van der Waals surface area contributed by atoms with E-state index in [1.807, 2.05) is 0 Å². The molecule has 15 heteroatoms. The number of ketones is 10. The summed E-state index contributed by atoms with van der Waals surface area (Å²) in [5.74, 6) is 5.97. The first kappa shape index (κ1) is 101. The van der Waals surface area contributed by atoms with Gasteiger partial charge in [0.05, 0.1) is 30.5 Å². The lowest BCUT2D eigenvalue weighted by atomic mass is 9.86. The maximum absolute atomic E-state index is 10.9. The topological polar surface area (TPSA) is 217 Å². The van der Waals surface area contributed by atoms with E-state index in [0.717, 1.165) is 141 Å². The normalized spacial score (nSPS) is 25.5. The molecule has 0 amide bonds. The molecule has 5 saturated heterocycles. The number of ether oxygens (including phenoxy) is 5. The molecule has 12 rings (SSSR count). The van der Waals surface area contributed by atoms with Crippen molar-refractivity contribution in [3.63, 3.8) is 0 Å². The molecular formula is C88H154O15. The molecule has 0 aromatic carbocycles. The Morgan fingerprint density at radius 1 is 0.320 bits per heavy atom. The molecular weight excluding hydrogens is 1300 g/mol. The fourth-order valence-corrected chi connectivity index (χ4v) is 15.5. The van der Waals surface area contributed by atoms with E-state index in [0.29, 0.717) is 78.6 Å². The van der Waals surface area contributed by atoms with Crippen LogP contribution >= 0.6 is 0 Å². The average molecular weight is 1450 g/mol. The van der Waals surface area contributed by atoms with Gasteiger partial charge in [-0.05, 0) is 259 Å². The summed E-state index contributed by atoms with van der Waals surface area (Å²) in [6, 6.07) is 0. The fourth-order valence-electron chi connectivity index (χ4n) is 15.5. The molecule has 0 radical (unpaired) electrons. The van der Waals surface area contributed by atoms with Crippen LogP contribution in [0.1, 0.15) is 369 Å². The molecule has 5 heterocycles. The molecule has 5 aliphatic heterocycles. The highest BCUT2D eigenvalue weighted by Crippen LogP contribution is 2.49. The highest BCUT2D eigenvalue weighted by Gasteiger charge is 2.55. The first-order valence-electron chi connectivity index (χ1n) is 39.6. The Balaban J connectivity index is 0. The van der Waals surface area contributed by atoms with E-state index >= 15 is 0 Å². The molecule has 9 unspecified atom stereocenters. The molecule has 11 fully saturated rings. The summed E-state index contributed by atoms with van der Waals surface area (Å²) in [6.07, 6.45) is 55.8. The number of hydrogen-bond acceptors (Lipinski definition) is 15. The van der Waals surface area contributed by atoms with Gasteiger partial charge in [0.2, 0.25) is 0 Å². The van der Waals surface area contributed by atoms with Crippen molar-refractivity contribution in [3.8, 4) is 0 Å². The summed E-state index contributed by atoms with van der Waals surface area (Å²) in [6.45, 7) is 20.8. The summed E-state index contributed by atoms with van der Waals surface area (Å²) in [4.78, 5) is 107. The van der Waals surface area contributed by atoms with Crippen molar-refractivity contribution in [1.82, 2.24) is 0 Å². The lowest BCUT2D eigenvalue weighted by molar-refractivity contribution is -0.121. The first-order valence-corrected chi connectivity index (χ1v) is 39.6. The summed E-state index contributed by atoms with van der Waals surface area (Å²) in [7, 11) is 0. The number of rotatable bonds is 16. The van der Waals surface area contributed by atoms with Gasteiger partial charge in [-0.15, -0.1) is 0 Å². The molecule has 12 aliphatic rings. The Hall–Kier alpha value is -4.28. The number of hydrogen-bond donors (Lipinski definition) is 0. The molecule has 0 N–H and O–H groups in total. The standard InChI is InChI=1S/2C9H16O.3C9H14O.2C8H12O2.2C8H14O2.C7H12O2.4CH4/c5*1-8(10)7-9-5-3-2-4-6-9;2*1-5(9)7-6-3-2-4-10-8(6)7;2*1-7(9)6-8-4-2-3-5-10-8;1-6(8)5-7-3-2-4-9-7;;;;/h2*9H,2-7H2,1H3;2*7H,2-6H2,1H3;5H,2-4,6-7H2,1H3;2*6-8H,2-4H2,1H3;2*8H,2-6H2,1H3;7H,2-5H2,1H3;4*1H4. The van der Waals surface area contributed by atoms with Crippen LogP contribution in [0.4, 0.5) is 0 Å². The van der Waals surface area contributed by atoms with Gasteiger partial charge >= 0.3 is 0 Å². The Bertz CT molecular complexity index is 2230. The van der Waals surface area contributed by atoms with Crippen molar-refractivity contribution < 1.29 is 71.6 Å². The SMILES string of the molecule is C.C.C.C.CC(=O)C1C2CCCOC21.CC(=O)C1C2CCCOC21.CC(=O)C=C1CCCCC1.CC(=O)C=C1CCCCC1.CC(=O)CC1=CCCCC1.CC(=O)CC1CCCCC1.CC(=O)CC1CCCCC1.CC(=O)CC1CCCCO1.CC(=O)CC1CCCCO1.CC(=O)CC1CCCO1. The van der Waals surface area contributed by atoms with Gasteiger partial charge in [0.25, 0.3) is 0 Å². The van der Waals surface area contributed by atoms with E-state index in [-0.39, 0.29) is 88.8 Å². The molecule has 0 bridgehead atoms. The van der Waals surface area contributed by atoms with Gasteiger partial charge in [-0.2, -0.15) is 0 Å². The van der Waals surface area contributed by atoms with Crippen molar-refractivity contribution in [2.24, 2.45) is 35.5 Å². The van der Waals surface area contributed by atoms with Crippen molar-refractivity contribution >= 4 is 57.8 Å². The highest BCUT2D eigenvalue weighted by atomic mass is 16.5. The minimum Gasteiger partial charge on any atom is -0.378 e. The van der Waals surface area contributed by atoms with Crippen LogP contribution in [0.3, 0.4) is 0 Å². The first-order chi connectivity index (χ1) is 47.4. The van der Waals surface area contributed by atoms with Gasteiger partial charge < -0.3 is 33.3 Å². The van der Waals surface area contributed by atoms with Gasteiger partial charge in [0.15, 0.2) is 11.6 Å². The van der Waals surface area contributed by atoms with Crippen LogP contribution in [-0.2, 0) is 71.6 Å². The van der Waals surface area contributed by atoms with Crippen LogP contribution in [0.15, 0.2) is 34.9 Å². The van der Waals surface area contributed by atoms with Crippen LogP contribution < -0.4 is 0 Å². The molecule has 6 saturated carbocycles. The van der Waals surface area contributed by atoms with Crippen molar-refractivity contribution in [3.05, 3.63) is 34.9 Å². The Morgan fingerprint density at radius 3 is 0.874 bits per heavy atom. The molecule has 15 nitrogen and oxygen atoms in total. The zero-order chi connectivity index (χ0) is 72.7. The van der Waals surface area contributed by atoms with Crippen molar-refractivity contribution in [1.29, 1.82) is 0 Å². The second kappa shape index (κ2) is 60.7. The predicted octanol–water partition coefficient (Wildman–Crippen LogP) is 21.2. The van der Waals surface area contributed by atoms with E-state index < -0.39 is 0 Å². The van der Waals surface area contributed by atoms with Gasteiger partial charge in [-0.25, -0.2) is 0 Å². The zero-order valence-electron chi connectivity index (χ0n) is 63.9. The van der Waals surface area contributed by atoms with Gasteiger partial charge in [-0.1, -0.05) is 130 Å². The van der Waals surface area contributed by atoms with Gasteiger partial charge in [0.1, 0.15) is 46.3 Å². The zero-order valence-corrected chi connectivity index (χ0v) is 63.9.